The van der Waals surface area contributed by atoms with E-state index in [1.165, 1.54) is 7.11 Å². The smallest absolute Gasteiger partial charge is 0.413 e. The number of ether oxygens (including phenoxy) is 2. The molecule has 202 valence electrons. The molecule has 1 fully saturated rings. The number of nitrogens with one attached hydrogen (secondary N) is 5. The first-order chi connectivity index (χ1) is 18.9. The van der Waals surface area contributed by atoms with E-state index in [-0.39, 0.29) is 18.0 Å². The number of benzene rings is 2. The molecule has 12 heteroatoms. The maximum atomic E-state index is 12.8. The van der Waals surface area contributed by atoms with Gasteiger partial charge in [0.1, 0.15) is 17.5 Å². The van der Waals surface area contributed by atoms with Crippen LogP contribution in [-0.4, -0.2) is 61.1 Å². The second kappa shape index (κ2) is 12.5. The van der Waals surface area contributed by atoms with Crippen LogP contribution < -0.4 is 26.0 Å². The molecular formula is C27H28N6O6. The number of fused-ring (bicyclic) bond motifs is 1. The van der Waals surface area contributed by atoms with Gasteiger partial charge in [0, 0.05) is 29.1 Å². The Morgan fingerprint density at radius 1 is 1.15 bits per heavy atom. The van der Waals surface area contributed by atoms with Gasteiger partial charge in [-0.2, -0.15) is 5.26 Å². The lowest BCUT2D eigenvalue weighted by molar-refractivity contribution is -0.124. The molecule has 1 unspecified atom stereocenters. The van der Waals surface area contributed by atoms with Crippen LogP contribution in [-0.2, 0) is 14.3 Å². The molecule has 1 aromatic heterocycles. The van der Waals surface area contributed by atoms with Gasteiger partial charge in [0.05, 0.1) is 19.7 Å². The molecule has 39 heavy (non-hydrogen) atoms. The van der Waals surface area contributed by atoms with Gasteiger partial charge in [0.15, 0.2) is 0 Å². The molecule has 3 atom stereocenters. The molecule has 4 amide bonds. The quantitative estimate of drug-likeness (QED) is 0.266. The zero-order valence-corrected chi connectivity index (χ0v) is 21.2. The largest absolute Gasteiger partial charge is 0.496 e. The van der Waals surface area contributed by atoms with E-state index in [4.69, 9.17) is 9.47 Å². The van der Waals surface area contributed by atoms with Crippen molar-refractivity contribution in [3.05, 3.63) is 60.3 Å². The van der Waals surface area contributed by atoms with Crippen LogP contribution in [0.4, 0.5) is 10.5 Å². The zero-order valence-electron chi connectivity index (χ0n) is 21.2. The van der Waals surface area contributed by atoms with Gasteiger partial charge in [-0.1, -0.05) is 24.3 Å². The van der Waals surface area contributed by atoms with E-state index in [1.54, 1.807) is 54.6 Å². The summed E-state index contributed by atoms with van der Waals surface area (Å²) in [7, 11) is 1.53. The molecule has 3 aromatic rings. The van der Waals surface area contributed by atoms with Gasteiger partial charge in [0.2, 0.25) is 17.9 Å². The van der Waals surface area contributed by atoms with Crippen molar-refractivity contribution in [1.29, 1.82) is 5.26 Å². The molecule has 0 saturated carbocycles. The number of para-hydroxylation sites is 1. The van der Waals surface area contributed by atoms with E-state index in [1.807, 2.05) is 6.07 Å². The number of carbonyl (C=O) groups is 4. The minimum Gasteiger partial charge on any atom is -0.496 e. The molecule has 2 heterocycles. The molecule has 0 bridgehead atoms. The molecule has 1 aliphatic heterocycles. The highest BCUT2D eigenvalue weighted by Crippen LogP contribution is 2.26. The fourth-order valence-electron chi connectivity index (χ4n) is 4.36. The highest BCUT2D eigenvalue weighted by Gasteiger charge is 2.34. The fraction of sp³-hybridized carbons (Fsp3) is 0.296. The number of hydrogen-bond donors (Lipinski definition) is 5. The second-order valence-electron chi connectivity index (χ2n) is 8.92. The number of H-pyrrole nitrogens is 1. The molecule has 4 rings (SSSR count). The Bertz CT molecular complexity index is 1400. The number of carbonyl (C=O) groups excluding carboxylic acids is 4. The molecule has 2 aromatic carbocycles. The van der Waals surface area contributed by atoms with Crippen LogP contribution >= 0.6 is 0 Å². The SMILES string of the molecule is COc1cccc2[nH]c(C(=O)NCC(=O)N[C@@H](C[C@@H]3CCNC3=O)C(C#N)OC(=O)Nc3ccccc3)cc12. The summed E-state index contributed by atoms with van der Waals surface area (Å²) in [4.78, 5) is 53.0. The van der Waals surface area contributed by atoms with Gasteiger partial charge < -0.3 is 30.4 Å². The third kappa shape index (κ3) is 6.84. The minimum absolute atomic E-state index is 0.0736. The Labute approximate surface area is 224 Å². The molecule has 12 nitrogen and oxygen atoms in total. The number of nitrogens with zero attached hydrogens (tertiary/aromatic N) is 1. The Morgan fingerprint density at radius 3 is 2.64 bits per heavy atom. The van der Waals surface area contributed by atoms with Crippen LogP contribution in [0.5, 0.6) is 5.75 Å². The standard InChI is InChI=1S/C27H28N6O6/c1-38-22-9-5-8-19-18(22)13-21(32-19)26(36)30-15-24(34)33-20(12-16-10-11-29-25(16)35)23(14-28)39-27(37)31-17-6-3-2-4-7-17/h2-9,13,16,20,23,32H,10-12,15H2,1H3,(H,29,35)(H,30,36)(H,31,37)(H,33,34)/t16-,20-,23?/m0/s1. The van der Waals surface area contributed by atoms with E-state index in [2.05, 4.69) is 26.3 Å². The van der Waals surface area contributed by atoms with Crippen molar-refractivity contribution in [2.45, 2.75) is 25.0 Å². The third-order valence-corrected chi connectivity index (χ3v) is 6.29. The number of aromatic amines is 1. The van der Waals surface area contributed by atoms with Crippen LogP contribution in [0.1, 0.15) is 23.3 Å². The van der Waals surface area contributed by atoms with Crippen molar-refractivity contribution in [2.24, 2.45) is 5.92 Å². The number of nitriles is 1. The Hall–Kier alpha value is -5.05. The number of anilines is 1. The van der Waals surface area contributed by atoms with Crippen LogP contribution in [0.15, 0.2) is 54.6 Å². The number of amides is 4. The van der Waals surface area contributed by atoms with Crippen molar-refractivity contribution >= 4 is 40.4 Å². The Balaban J connectivity index is 1.40. The van der Waals surface area contributed by atoms with Crippen molar-refractivity contribution < 1.29 is 28.7 Å². The molecule has 1 saturated heterocycles. The summed E-state index contributed by atoms with van der Waals surface area (Å²) in [5.41, 5.74) is 1.39. The highest BCUT2D eigenvalue weighted by molar-refractivity contribution is 6.00. The Kier molecular flexibility index (Phi) is 8.63. The highest BCUT2D eigenvalue weighted by atomic mass is 16.6. The van der Waals surface area contributed by atoms with Gasteiger partial charge in [-0.25, -0.2) is 4.79 Å². The monoisotopic (exact) mass is 532 g/mol. The average molecular weight is 533 g/mol. The van der Waals surface area contributed by atoms with Gasteiger partial charge in [-0.3, -0.25) is 19.7 Å². The lowest BCUT2D eigenvalue weighted by atomic mass is 9.95. The second-order valence-corrected chi connectivity index (χ2v) is 8.92. The molecule has 5 N–H and O–H groups in total. The topological polar surface area (TPSA) is 174 Å². The first-order valence-corrected chi connectivity index (χ1v) is 12.3. The predicted molar refractivity (Wildman–Crippen MR) is 141 cm³/mol. The summed E-state index contributed by atoms with van der Waals surface area (Å²) < 4.78 is 10.6. The van der Waals surface area contributed by atoms with E-state index in [0.717, 1.165) is 0 Å². The summed E-state index contributed by atoms with van der Waals surface area (Å²) in [6, 6.07) is 16.4. The normalized spacial score (nSPS) is 15.9. The van der Waals surface area contributed by atoms with Gasteiger partial charge >= 0.3 is 6.09 Å². The summed E-state index contributed by atoms with van der Waals surface area (Å²) in [6.45, 7) is 0.0646. The molecule has 0 spiro atoms. The lowest BCUT2D eigenvalue weighted by Crippen LogP contribution is -2.49. The summed E-state index contributed by atoms with van der Waals surface area (Å²) in [5.74, 6) is -1.22. The maximum Gasteiger partial charge on any atom is 0.413 e. The molecule has 0 radical (unpaired) electrons. The lowest BCUT2D eigenvalue weighted by Gasteiger charge is -2.25. The predicted octanol–water partition coefficient (Wildman–Crippen LogP) is 2.06. The van der Waals surface area contributed by atoms with Crippen molar-refractivity contribution in [2.75, 3.05) is 25.5 Å². The number of methoxy groups -OCH3 is 1. The van der Waals surface area contributed by atoms with Gasteiger partial charge in [-0.05, 0) is 43.2 Å². The van der Waals surface area contributed by atoms with Crippen LogP contribution in [0.3, 0.4) is 0 Å². The summed E-state index contributed by atoms with van der Waals surface area (Å²) in [5, 5.41) is 20.9. The van der Waals surface area contributed by atoms with Crippen molar-refractivity contribution in [1.82, 2.24) is 20.9 Å². The third-order valence-electron chi connectivity index (χ3n) is 6.29. The Morgan fingerprint density at radius 2 is 1.95 bits per heavy atom. The van der Waals surface area contributed by atoms with Crippen LogP contribution in [0.25, 0.3) is 10.9 Å². The molecule has 0 aliphatic carbocycles. The first kappa shape index (κ1) is 27.0. The van der Waals surface area contributed by atoms with E-state index in [9.17, 15) is 24.4 Å². The number of rotatable bonds is 10. The fourth-order valence-corrected chi connectivity index (χ4v) is 4.36. The number of hydrogen-bond acceptors (Lipinski definition) is 7. The molecular weight excluding hydrogens is 504 g/mol. The van der Waals surface area contributed by atoms with Gasteiger partial charge in [0.25, 0.3) is 5.91 Å². The van der Waals surface area contributed by atoms with Crippen molar-refractivity contribution in [3.63, 3.8) is 0 Å². The van der Waals surface area contributed by atoms with Crippen LogP contribution in [0, 0.1) is 17.2 Å². The number of aromatic nitrogens is 1. The average Bonchev–Trinajstić information content (AvgIpc) is 3.56. The van der Waals surface area contributed by atoms with Crippen LogP contribution in [0.2, 0.25) is 0 Å². The van der Waals surface area contributed by atoms with Gasteiger partial charge in [-0.15, -0.1) is 0 Å². The van der Waals surface area contributed by atoms with E-state index < -0.39 is 42.5 Å². The van der Waals surface area contributed by atoms with E-state index >= 15 is 0 Å². The summed E-state index contributed by atoms with van der Waals surface area (Å²) >= 11 is 0. The molecule has 1 aliphatic rings. The summed E-state index contributed by atoms with van der Waals surface area (Å²) in [6.07, 6.45) is -1.68. The minimum atomic E-state index is -1.39. The maximum absolute atomic E-state index is 12.8. The van der Waals surface area contributed by atoms with E-state index in [0.29, 0.717) is 35.3 Å². The van der Waals surface area contributed by atoms with Crippen molar-refractivity contribution in [3.8, 4) is 11.8 Å². The zero-order chi connectivity index (χ0) is 27.8. The first-order valence-electron chi connectivity index (χ1n) is 12.3.